The fraction of sp³-hybridized carbons (Fsp3) is 0.381. The van der Waals surface area contributed by atoms with Gasteiger partial charge in [-0.25, -0.2) is 8.42 Å². The molecule has 0 saturated heterocycles. The van der Waals surface area contributed by atoms with E-state index >= 15 is 0 Å². The Hall–Kier alpha value is -2.34. The van der Waals surface area contributed by atoms with Crippen LogP contribution in [0.1, 0.15) is 42.5 Å². The summed E-state index contributed by atoms with van der Waals surface area (Å²) in [6.07, 6.45) is 5.79. The maximum atomic E-state index is 12.2. The van der Waals surface area contributed by atoms with E-state index < -0.39 is 9.84 Å². The van der Waals surface area contributed by atoms with Crippen LogP contribution in [0.2, 0.25) is 0 Å². The van der Waals surface area contributed by atoms with Crippen LogP contribution in [0.25, 0.3) is 0 Å². The van der Waals surface area contributed by atoms with Gasteiger partial charge in [0, 0.05) is 6.26 Å². The normalized spacial score (nSPS) is 14.9. The molecular weight excluding hydrogens is 362 g/mol. The minimum atomic E-state index is -3.22. The Labute approximate surface area is 160 Å². The first-order valence-corrected chi connectivity index (χ1v) is 11.1. The number of hydrogen-bond donors (Lipinski definition) is 1. The first-order chi connectivity index (χ1) is 12.8. The number of carbonyl (C=O) groups excluding carboxylic acids is 1. The van der Waals surface area contributed by atoms with Gasteiger partial charge >= 0.3 is 0 Å². The molecule has 0 spiro atoms. The number of amides is 1. The summed E-state index contributed by atoms with van der Waals surface area (Å²) in [5, 5.41) is 2.87. The van der Waals surface area contributed by atoms with E-state index in [1.165, 1.54) is 30.2 Å². The van der Waals surface area contributed by atoms with Gasteiger partial charge in [0.2, 0.25) is 0 Å². The van der Waals surface area contributed by atoms with Crippen LogP contribution < -0.4 is 10.1 Å². The summed E-state index contributed by atoms with van der Waals surface area (Å²) in [7, 11) is -3.22. The number of fused-ring (bicyclic) bond motifs is 1. The topological polar surface area (TPSA) is 72.5 Å². The molecule has 0 aromatic heterocycles. The molecule has 27 heavy (non-hydrogen) atoms. The summed E-state index contributed by atoms with van der Waals surface area (Å²) < 4.78 is 28.7. The standard InChI is InChI=1S/C21H25NO4S/c1-15(16-8-11-20(12-9-16)27(2,24)25)22-21(23)14-26-19-10-7-17-5-3-4-6-18(17)13-19/h7-13,15H,3-6,14H2,1-2H3,(H,22,23)/t15-/m0/s1. The van der Waals surface area contributed by atoms with E-state index in [9.17, 15) is 13.2 Å². The van der Waals surface area contributed by atoms with Gasteiger partial charge in [0.15, 0.2) is 16.4 Å². The Morgan fingerprint density at radius 3 is 2.41 bits per heavy atom. The van der Waals surface area contributed by atoms with Crippen LogP contribution in [-0.4, -0.2) is 27.2 Å². The highest BCUT2D eigenvalue weighted by atomic mass is 32.2. The number of ether oxygens (including phenoxy) is 1. The molecule has 1 aliphatic carbocycles. The van der Waals surface area contributed by atoms with E-state index in [1.807, 2.05) is 19.1 Å². The van der Waals surface area contributed by atoms with Crippen molar-refractivity contribution < 1.29 is 17.9 Å². The molecule has 0 aliphatic heterocycles. The van der Waals surface area contributed by atoms with Gasteiger partial charge in [-0.05, 0) is 73.6 Å². The van der Waals surface area contributed by atoms with E-state index in [4.69, 9.17) is 4.74 Å². The largest absolute Gasteiger partial charge is 0.484 e. The molecule has 6 heteroatoms. The predicted molar refractivity (Wildman–Crippen MR) is 105 cm³/mol. The van der Waals surface area contributed by atoms with E-state index in [0.717, 1.165) is 24.2 Å². The van der Waals surface area contributed by atoms with Crippen molar-refractivity contribution in [1.29, 1.82) is 0 Å². The molecular formula is C21H25NO4S. The van der Waals surface area contributed by atoms with Gasteiger partial charge in [-0.1, -0.05) is 18.2 Å². The minimum absolute atomic E-state index is 0.0510. The third-order valence-electron chi connectivity index (χ3n) is 4.88. The van der Waals surface area contributed by atoms with Crippen LogP contribution in [0.3, 0.4) is 0 Å². The summed E-state index contributed by atoms with van der Waals surface area (Å²) in [6.45, 7) is 1.80. The van der Waals surface area contributed by atoms with Gasteiger partial charge < -0.3 is 10.1 Å². The molecule has 0 saturated carbocycles. The van der Waals surface area contributed by atoms with Gasteiger partial charge in [-0.3, -0.25) is 4.79 Å². The van der Waals surface area contributed by atoms with Crippen molar-refractivity contribution in [1.82, 2.24) is 5.32 Å². The lowest BCUT2D eigenvalue weighted by atomic mass is 9.92. The Bertz CT molecular complexity index is 920. The number of carbonyl (C=O) groups is 1. The smallest absolute Gasteiger partial charge is 0.258 e. The summed E-state index contributed by atoms with van der Waals surface area (Å²) in [5.74, 6) is 0.503. The van der Waals surface area contributed by atoms with Crippen molar-refractivity contribution >= 4 is 15.7 Å². The lowest BCUT2D eigenvalue weighted by molar-refractivity contribution is -0.123. The van der Waals surface area contributed by atoms with Crippen LogP contribution in [0.4, 0.5) is 0 Å². The second kappa shape index (κ2) is 8.13. The molecule has 0 radical (unpaired) electrons. The average molecular weight is 388 g/mol. The highest BCUT2D eigenvalue weighted by Crippen LogP contribution is 2.25. The fourth-order valence-corrected chi connectivity index (χ4v) is 3.95. The maximum absolute atomic E-state index is 12.2. The number of benzene rings is 2. The molecule has 0 bridgehead atoms. The van der Waals surface area contributed by atoms with Crippen molar-refractivity contribution in [2.45, 2.75) is 43.5 Å². The van der Waals surface area contributed by atoms with Crippen LogP contribution in [0.15, 0.2) is 47.4 Å². The molecule has 3 rings (SSSR count). The summed E-state index contributed by atoms with van der Waals surface area (Å²) in [4.78, 5) is 12.4. The van der Waals surface area contributed by atoms with Crippen LogP contribution in [0, 0.1) is 0 Å². The molecule has 0 fully saturated rings. The third kappa shape index (κ3) is 5.10. The lowest BCUT2D eigenvalue weighted by Crippen LogP contribution is -2.31. The zero-order valence-corrected chi connectivity index (χ0v) is 16.5. The molecule has 144 valence electrons. The summed E-state index contributed by atoms with van der Waals surface area (Å²) in [5.41, 5.74) is 3.53. The van der Waals surface area contributed by atoms with E-state index in [0.29, 0.717) is 0 Å². The Kier molecular flexibility index (Phi) is 5.85. The third-order valence-corrected chi connectivity index (χ3v) is 6.00. The number of hydrogen-bond acceptors (Lipinski definition) is 4. The SMILES string of the molecule is C[C@H](NC(=O)COc1ccc2c(c1)CCCC2)c1ccc(S(C)(=O)=O)cc1. The first-order valence-electron chi connectivity index (χ1n) is 9.17. The second-order valence-corrected chi connectivity index (χ2v) is 9.07. The van der Waals surface area contributed by atoms with Crippen molar-refractivity contribution in [3.8, 4) is 5.75 Å². The molecule has 0 unspecified atom stereocenters. The molecule has 1 N–H and O–H groups in total. The molecule has 1 amide bonds. The average Bonchev–Trinajstić information content (AvgIpc) is 2.65. The molecule has 0 heterocycles. The number of nitrogens with one attached hydrogen (secondary N) is 1. The molecule has 1 aliphatic rings. The molecule has 1 atom stereocenters. The molecule has 2 aromatic carbocycles. The monoisotopic (exact) mass is 387 g/mol. The second-order valence-electron chi connectivity index (χ2n) is 7.06. The zero-order chi connectivity index (χ0) is 19.4. The number of sulfone groups is 1. The Morgan fingerprint density at radius 2 is 1.74 bits per heavy atom. The van der Waals surface area contributed by atoms with Gasteiger partial charge in [-0.2, -0.15) is 0 Å². The van der Waals surface area contributed by atoms with Gasteiger partial charge in [0.05, 0.1) is 10.9 Å². The highest BCUT2D eigenvalue weighted by molar-refractivity contribution is 7.90. The zero-order valence-electron chi connectivity index (χ0n) is 15.7. The quantitative estimate of drug-likeness (QED) is 0.826. The van der Waals surface area contributed by atoms with Crippen LogP contribution in [-0.2, 0) is 27.5 Å². The maximum Gasteiger partial charge on any atom is 0.258 e. The number of rotatable bonds is 6. The van der Waals surface area contributed by atoms with Gasteiger partial charge in [-0.15, -0.1) is 0 Å². The fourth-order valence-electron chi connectivity index (χ4n) is 3.32. The molecule has 5 nitrogen and oxygen atoms in total. The Balaban J connectivity index is 1.54. The van der Waals surface area contributed by atoms with Crippen molar-refractivity contribution in [2.75, 3.05) is 12.9 Å². The van der Waals surface area contributed by atoms with Crippen LogP contribution >= 0.6 is 0 Å². The van der Waals surface area contributed by atoms with Gasteiger partial charge in [0.25, 0.3) is 5.91 Å². The Morgan fingerprint density at radius 1 is 1.07 bits per heavy atom. The van der Waals surface area contributed by atoms with E-state index in [1.54, 1.807) is 24.3 Å². The predicted octanol–water partition coefficient (Wildman–Crippen LogP) is 3.23. The van der Waals surface area contributed by atoms with Crippen molar-refractivity contribution in [3.05, 3.63) is 59.2 Å². The molecule has 2 aromatic rings. The van der Waals surface area contributed by atoms with E-state index in [-0.39, 0.29) is 23.5 Å². The minimum Gasteiger partial charge on any atom is -0.484 e. The lowest BCUT2D eigenvalue weighted by Gasteiger charge is -2.17. The van der Waals surface area contributed by atoms with E-state index in [2.05, 4.69) is 11.4 Å². The highest BCUT2D eigenvalue weighted by Gasteiger charge is 2.14. The first kappa shape index (κ1) is 19.4. The number of aryl methyl sites for hydroxylation is 2. The summed E-state index contributed by atoms with van der Waals surface area (Å²) >= 11 is 0. The van der Waals surface area contributed by atoms with Crippen molar-refractivity contribution in [3.63, 3.8) is 0 Å². The van der Waals surface area contributed by atoms with Crippen molar-refractivity contribution in [2.24, 2.45) is 0 Å². The van der Waals surface area contributed by atoms with Gasteiger partial charge in [0.1, 0.15) is 5.75 Å². The summed E-state index contributed by atoms with van der Waals surface area (Å²) in [6, 6.07) is 12.3. The van der Waals surface area contributed by atoms with Crippen LogP contribution in [0.5, 0.6) is 5.75 Å².